The highest BCUT2D eigenvalue weighted by Gasteiger charge is 2.25. The maximum atomic E-state index is 11.8. The van der Waals surface area contributed by atoms with Crippen molar-refractivity contribution in [1.29, 1.82) is 0 Å². The molecule has 0 N–H and O–H groups in total. The van der Waals surface area contributed by atoms with E-state index in [1.165, 1.54) is 0 Å². The molecule has 0 spiro atoms. The monoisotopic (exact) mass is 317 g/mol. The number of hydrogen-bond donors (Lipinski definition) is 0. The normalized spacial score (nSPS) is 14.2. The van der Waals surface area contributed by atoms with Gasteiger partial charge < -0.3 is 0 Å². The van der Waals surface area contributed by atoms with Gasteiger partial charge in [0.25, 0.3) is 0 Å². The Balaban J connectivity index is 2.96. The van der Waals surface area contributed by atoms with Crippen LogP contribution in [0.1, 0.15) is 13.3 Å². The molecule has 3 nitrogen and oxygen atoms in total. The minimum atomic E-state index is -3.29. The summed E-state index contributed by atoms with van der Waals surface area (Å²) in [7, 11) is -3.29. The summed E-state index contributed by atoms with van der Waals surface area (Å²) in [6, 6.07) is 0. The van der Waals surface area contributed by atoms with Crippen molar-refractivity contribution in [3.8, 4) is 0 Å². The van der Waals surface area contributed by atoms with Gasteiger partial charge >= 0.3 is 0 Å². The molecule has 0 saturated heterocycles. The molecule has 0 radical (unpaired) electrons. The second-order valence-corrected chi connectivity index (χ2v) is 7.36. The van der Waals surface area contributed by atoms with Crippen molar-refractivity contribution in [3.63, 3.8) is 0 Å². The first-order valence-electron chi connectivity index (χ1n) is 3.89. The van der Waals surface area contributed by atoms with E-state index >= 15 is 0 Å². The standard InChI is InChI=1S/C7H9BrClNO2S2/c1-5(2-3-9)14(11,12)7-10-6(8)4-13-7/h4-5H,2-3H2,1H3. The Morgan fingerprint density at radius 3 is 2.79 bits per heavy atom. The quantitative estimate of drug-likeness (QED) is 0.802. The maximum Gasteiger partial charge on any atom is 0.210 e. The summed E-state index contributed by atoms with van der Waals surface area (Å²) >= 11 is 9.75. The van der Waals surface area contributed by atoms with Crippen molar-refractivity contribution in [2.75, 3.05) is 5.88 Å². The smallest absolute Gasteiger partial charge is 0.210 e. The Morgan fingerprint density at radius 2 is 2.36 bits per heavy atom. The van der Waals surface area contributed by atoms with Gasteiger partial charge in [-0.15, -0.1) is 22.9 Å². The first kappa shape index (κ1) is 12.4. The number of aromatic nitrogens is 1. The van der Waals surface area contributed by atoms with Gasteiger partial charge in [0.2, 0.25) is 14.2 Å². The fourth-order valence-electron chi connectivity index (χ4n) is 0.851. The van der Waals surface area contributed by atoms with Crippen molar-refractivity contribution in [3.05, 3.63) is 9.98 Å². The van der Waals surface area contributed by atoms with E-state index in [4.69, 9.17) is 11.6 Å². The molecule has 1 aromatic heterocycles. The summed E-state index contributed by atoms with van der Waals surface area (Å²) in [5.74, 6) is 0.340. The summed E-state index contributed by atoms with van der Waals surface area (Å²) in [5, 5.41) is 1.18. The van der Waals surface area contributed by atoms with Gasteiger partial charge in [0.15, 0.2) is 0 Å². The predicted molar refractivity (Wildman–Crippen MR) is 61.8 cm³/mol. The van der Waals surface area contributed by atoms with Crippen molar-refractivity contribution >= 4 is 48.7 Å². The molecule has 0 aliphatic carbocycles. The fourth-order valence-corrected chi connectivity index (χ4v) is 4.57. The SMILES string of the molecule is CC(CCCl)S(=O)(=O)c1nc(Br)cs1. The molecule has 80 valence electrons. The van der Waals surface area contributed by atoms with Crippen molar-refractivity contribution in [2.24, 2.45) is 0 Å². The van der Waals surface area contributed by atoms with Crippen LogP contribution in [0.15, 0.2) is 14.3 Å². The molecule has 14 heavy (non-hydrogen) atoms. The number of rotatable bonds is 4. The predicted octanol–water partition coefficient (Wildman–Crippen LogP) is 2.70. The Hall–Kier alpha value is 0.350. The van der Waals surface area contributed by atoms with E-state index in [0.717, 1.165) is 11.3 Å². The van der Waals surface area contributed by atoms with Crippen LogP contribution in [-0.4, -0.2) is 24.5 Å². The van der Waals surface area contributed by atoms with E-state index in [2.05, 4.69) is 20.9 Å². The molecule has 0 bridgehead atoms. The lowest BCUT2D eigenvalue weighted by molar-refractivity contribution is 0.580. The van der Waals surface area contributed by atoms with Crippen molar-refractivity contribution in [1.82, 2.24) is 4.98 Å². The van der Waals surface area contributed by atoms with E-state index in [9.17, 15) is 8.42 Å². The van der Waals surface area contributed by atoms with Crippen molar-refractivity contribution < 1.29 is 8.42 Å². The van der Waals surface area contributed by atoms with Crippen LogP contribution in [-0.2, 0) is 9.84 Å². The second kappa shape index (κ2) is 4.92. The zero-order valence-corrected chi connectivity index (χ0v) is 11.4. The van der Waals surface area contributed by atoms with Crippen molar-refractivity contribution in [2.45, 2.75) is 22.9 Å². The topological polar surface area (TPSA) is 47.0 Å². The zero-order valence-electron chi connectivity index (χ0n) is 7.41. The van der Waals surface area contributed by atoms with Gasteiger partial charge in [-0.2, -0.15) is 0 Å². The van der Waals surface area contributed by atoms with Gasteiger partial charge in [0, 0.05) is 11.3 Å². The van der Waals surface area contributed by atoms with Crippen LogP contribution in [0.4, 0.5) is 0 Å². The summed E-state index contributed by atoms with van der Waals surface area (Å²) in [6.07, 6.45) is 0.446. The van der Waals surface area contributed by atoms with Crippen LogP contribution in [0, 0.1) is 0 Å². The molecule has 0 aromatic carbocycles. The Bertz CT molecular complexity index is 404. The molecule has 0 aliphatic heterocycles. The summed E-state index contributed by atoms with van der Waals surface area (Å²) in [4.78, 5) is 3.89. The molecular formula is C7H9BrClNO2S2. The summed E-state index contributed by atoms with van der Waals surface area (Å²) in [6.45, 7) is 1.65. The lowest BCUT2D eigenvalue weighted by Gasteiger charge is -2.07. The van der Waals surface area contributed by atoms with Gasteiger partial charge in [-0.05, 0) is 29.3 Å². The number of thiazole rings is 1. The molecule has 1 atom stereocenters. The van der Waals surface area contributed by atoms with Gasteiger partial charge in [0.05, 0.1) is 5.25 Å². The number of alkyl halides is 1. The number of nitrogens with zero attached hydrogens (tertiary/aromatic N) is 1. The summed E-state index contributed by atoms with van der Waals surface area (Å²) < 4.78 is 24.3. The number of halogens is 2. The minimum Gasteiger partial charge on any atom is -0.221 e. The lowest BCUT2D eigenvalue weighted by Crippen LogP contribution is -2.18. The highest BCUT2D eigenvalue weighted by Crippen LogP contribution is 2.24. The van der Waals surface area contributed by atoms with Crippen LogP contribution < -0.4 is 0 Å². The van der Waals surface area contributed by atoms with E-state index < -0.39 is 15.1 Å². The molecule has 1 unspecified atom stereocenters. The average Bonchev–Trinajstić information content (AvgIpc) is 2.52. The average molecular weight is 319 g/mol. The van der Waals surface area contributed by atoms with Crippen LogP contribution in [0.25, 0.3) is 0 Å². The molecule has 0 amide bonds. The molecular weight excluding hydrogens is 310 g/mol. The molecule has 0 aliphatic rings. The third kappa shape index (κ3) is 2.68. The molecule has 7 heteroatoms. The van der Waals surface area contributed by atoms with Crippen LogP contribution in [0.2, 0.25) is 0 Å². The zero-order chi connectivity index (χ0) is 10.8. The highest BCUT2D eigenvalue weighted by atomic mass is 79.9. The van der Waals surface area contributed by atoms with Gasteiger partial charge in [-0.25, -0.2) is 13.4 Å². The third-order valence-electron chi connectivity index (χ3n) is 1.74. The maximum absolute atomic E-state index is 11.8. The van der Waals surface area contributed by atoms with Gasteiger partial charge in [-0.3, -0.25) is 0 Å². The molecule has 0 saturated carbocycles. The fraction of sp³-hybridized carbons (Fsp3) is 0.571. The van der Waals surface area contributed by atoms with E-state index in [1.54, 1.807) is 12.3 Å². The number of sulfone groups is 1. The van der Waals surface area contributed by atoms with Crippen LogP contribution >= 0.6 is 38.9 Å². The van der Waals surface area contributed by atoms with Crippen LogP contribution in [0.3, 0.4) is 0 Å². The first-order valence-corrected chi connectivity index (χ1v) is 7.64. The number of hydrogen-bond acceptors (Lipinski definition) is 4. The molecule has 0 fully saturated rings. The van der Waals surface area contributed by atoms with Crippen LogP contribution in [0.5, 0.6) is 0 Å². The lowest BCUT2D eigenvalue weighted by atomic mass is 10.4. The minimum absolute atomic E-state index is 0.155. The molecule has 1 rings (SSSR count). The first-order chi connectivity index (χ1) is 6.48. The van der Waals surface area contributed by atoms with Gasteiger partial charge in [-0.1, -0.05) is 0 Å². The van der Waals surface area contributed by atoms with E-state index in [-0.39, 0.29) is 4.34 Å². The highest BCUT2D eigenvalue weighted by molar-refractivity contribution is 9.10. The molecule has 1 heterocycles. The largest absolute Gasteiger partial charge is 0.221 e. The van der Waals surface area contributed by atoms with Gasteiger partial charge in [0.1, 0.15) is 4.60 Å². The Labute approximate surface area is 101 Å². The Morgan fingerprint density at radius 1 is 1.71 bits per heavy atom. The second-order valence-electron chi connectivity index (χ2n) is 2.77. The Kier molecular flexibility index (Phi) is 4.36. The van der Waals surface area contributed by atoms with E-state index in [1.807, 2.05) is 0 Å². The summed E-state index contributed by atoms with van der Waals surface area (Å²) in [5.41, 5.74) is 0. The molecule has 1 aromatic rings. The van der Waals surface area contributed by atoms with E-state index in [0.29, 0.717) is 16.9 Å². The third-order valence-corrected chi connectivity index (χ3v) is 6.16.